The molecule has 0 fully saturated rings. The largest absolute Gasteiger partial charge is 0.416 e. The van der Waals surface area contributed by atoms with Gasteiger partial charge in [-0.05, 0) is 43.7 Å². The van der Waals surface area contributed by atoms with Gasteiger partial charge in [-0.25, -0.2) is 8.42 Å². The number of halogens is 3. The van der Waals surface area contributed by atoms with E-state index in [-0.39, 0.29) is 11.4 Å². The molecule has 2 aromatic rings. The third-order valence-electron chi connectivity index (χ3n) is 4.15. The SMILES string of the molecule is C=C[C@@H](c1ccc(C(F)(F)F)cc1)N(CC#CC)S(=O)(=O)c1ccc(C)cc1. The first-order valence-electron chi connectivity index (χ1n) is 8.39. The summed E-state index contributed by atoms with van der Waals surface area (Å²) in [6.45, 7) is 6.98. The molecule has 0 spiro atoms. The highest BCUT2D eigenvalue weighted by molar-refractivity contribution is 7.89. The molecule has 0 N–H and O–H groups in total. The van der Waals surface area contributed by atoms with Gasteiger partial charge < -0.3 is 0 Å². The summed E-state index contributed by atoms with van der Waals surface area (Å²) in [6.07, 6.45) is -3.09. The highest BCUT2D eigenvalue weighted by atomic mass is 32.2. The molecule has 0 aromatic heterocycles. The Kier molecular flexibility index (Phi) is 6.70. The van der Waals surface area contributed by atoms with Gasteiger partial charge in [0.25, 0.3) is 0 Å². The second kappa shape index (κ2) is 8.63. The molecule has 7 heteroatoms. The Morgan fingerprint density at radius 3 is 2.14 bits per heavy atom. The quantitative estimate of drug-likeness (QED) is 0.502. The molecule has 0 saturated heterocycles. The minimum absolute atomic E-state index is 0.0785. The van der Waals surface area contributed by atoms with Crippen LogP contribution < -0.4 is 0 Å². The van der Waals surface area contributed by atoms with Crippen LogP contribution in [0.4, 0.5) is 13.2 Å². The molecule has 3 nitrogen and oxygen atoms in total. The van der Waals surface area contributed by atoms with Crippen molar-refractivity contribution in [3.63, 3.8) is 0 Å². The fraction of sp³-hybridized carbons (Fsp3) is 0.238. The van der Waals surface area contributed by atoms with Crippen molar-refractivity contribution in [1.82, 2.24) is 4.31 Å². The van der Waals surface area contributed by atoms with E-state index in [0.29, 0.717) is 5.56 Å². The molecular formula is C21H20F3NO2S. The summed E-state index contributed by atoms with van der Waals surface area (Å²) in [5, 5.41) is 0. The van der Waals surface area contributed by atoms with Crippen LogP contribution in [0.1, 0.15) is 29.7 Å². The lowest BCUT2D eigenvalue weighted by molar-refractivity contribution is -0.137. The predicted molar refractivity (Wildman–Crippen MR) is 103 cm³/mol. The van der Waals surface area contributed by atoms with Crippen LogP contribution in [0.5, 0.6) is 0 Å². The molecular weight excluding hydrogens is 387 g/mol. The molecule has 0 saturated carbocycles. The summed E-state index contributed by atoms with van der Waals surface area (Å²) in [4.78, 5) is 0.0785. The second-order valence-corrected chi connectivity index (χ2v) is 7.98. The molecule has 0 radical (unpaired) electrons. The molecule has 0 aliphatic heterocycles. The van der Waals surface area contributed by atoms with Gasteiger partial charge in [-0.3, -0.25) is 0 Å². The predicted octanol–water partition coefficient (Wildman–Crippen LogP) is 4.96. The van der Waals surface area contributed by atoms with Crippen LogP contribution in [0.3, 0.4) is 0 Å². The fourth-order valence-electron chi connectivity index (χ4n) is 2.62. The van der Waals surface area contributed by atoms with Gasteiger partial charge in [0.1, 0.15) is 0 Å². The Hall–Kier alpha value is -2.56. The van der Waals surface area contributed by atoms with Gasteiger partial charge in [0.2, 0.25) is 10.0 Å². The highest BCUT2D eigenvalue weighted by Gasteiger charge is 2.33. The normalized spacial score (nSPS) is 12.9. The first-order valence-corrected chi connectivity index (χ1v) is 9.83. The van der Waals surface area contributed by atoms with Crippen LogP contribution >= 0.6 is 0 Å². The van der Waals surface area contributed by atoms with E-state index in [0.717, 1.165) is 22.0 Å². The first-order chi connectivity index (χ1) is 13.1. The van der Waals surface area contributed by atoms with Crippen molar-refractivity contribution in [2.45, 2.75) is 31.0 Å². The number of aryl methyl sites for hydroxylation is 1. The molecule has 148 valence electrons. The monoisotopic (exact) mass is 407 g/mol. The Morgan fingerprint density at radius 2 is 1.68 bits per heavy atom. The van der Waals surface area contributed by atoms with Gasteiger partial charge in [-0.1, -0.05) is 41.8 Å². The van der Waals surface area contributed by atoms with E-state index in [1.54, 1.807) is 19.1 Å². The van der Waals surface area contributed by atoms with Gasteiger partial charge in [0, 0.05) is 0 Å². The Balaban J connectivity index is 2.51. The van der Waals surface area contributed by atoms with Crippen molar-refractivity contribution in [3.8, 4) is 11.8 Å². The summed E-state index contributed by atoms with van der Waals surface area (Å²) in [7, 11) is -3.95. The number of hydrogen-bond donors (Lipinski definition) is 0. The molecule has 0 bridgehead atoms. The average molecular weight is 407 g/mol. The number of benzene rings is 2. The van der Waals surface area contributed by atoms with Crippen molar-refractivity contribution >= 4 is 10.0 Å². The number of sulfonamides is 1. The Labute approximate surface area is 163 Å². The third-order valence-corrected chi connectivity index (χ3v) is 5.99. The first kappa shape index (κ1) is 21.7. The second-order valence-electron chi connectivity index (χ2n) is 6.09. The van der Waals surface area contributed by atoms with Crippen LogP contribution in [-0.4, -0.2) is 19.3 Å². The summed E-state index contributed by atoms with van der Waals surface area (Å²) in [5.41, 5.74) is 0.471. The molecule has 1 atom stereocenters. The molecule has 0 aliphatic rings. The lowest BCUT2D eigenvalue weighted by Crippen LogP contribution is -2.34. The van der Waals surface area contributed by atoms with Crippen LogP contribution in [0.2, 0.25) is 0 Å². The average Bonchev–Trinajstić information content (AvgIpc) is 2.65. The van der Waals surface area contributed by atoms with Gasteiger partial charge in [0.15, 0.2) is 0 Å². The van der Waals surface area contributed by atoms with E-state index in [1.807, 2.05) is 6.92 Å². The van der Waals surface area contributed by atoms with E-state index >= 15 is 0 Å². The van der Waals surface area contributed by atoms with Crippen molar-refractivity contribution in [2.24, 2.45) is 0 Å². The van der Waals surface area contributed by atoms with Gasteiger partial charge in [-0.15, -0.1) is 12.5 Å². The minimum Gasteiger partial charge on any atom is -0.207 e. The summed E-state index contributed by atoms with van der Waals surface area (Å²) < 4.78 is 66.0. The molecule has 0 amide bonds. The Bertz CT molecular complexity index is 983. The van der Waals surface area contributed by atoms with Crippen molar-refractivity contribution < 1.29 is 21.6 Å². The zero-order valence-electron chi connectivity index (χ0n) is 15.5. The van der Waals surface area contributed by atoms with E-state index in [9.17, 15) is 21.6 Å². The third kappa shape index (κ3) is 4.83. The van der Waals surface area contributed by atoms with E-state index in [2.05, 4.69) is 18.4 Å². The Morgan fingerprint density at radius 1 is 1.11 bits per heavy atom. The maximum Gasteiger partial charge on any atom is 0.416 e. The zero-order chi connectivity index (χ0) is 20.9. The molecule has 0 unspecified atom stereocenters. The number of rotatable bonds is 6. The molecule has 0 aliphatic carbocycles. The standard InChI is InChI=1S/C21H20F3NO2S/c1-4-6-15-25(28(26,27)19-13-7-16(3)8-14-19)20(5-2)17-9-11-18(12-10-17)21(22,23)24/h5,7-14,20H,2,15H2,1,3H3/t20-/m0/s1. The summed E-state index contributed by atoms with van der Waals surface area (Å²) >= 11 is 0. The molecule has 2 rings (SSSR count). The van der Waals surface area contributed by atoms with Gasteiger partial charge in [-0.2, -0.15) is 17.5 Å². The smallest absolute Gasteiger partial charge is 0.207 e. The van der Waals surface area contributed by atoms with Crippen LogP contribution in [-0.2, 0) is 16.2 Å². The van der Waals surface area contributed by atoms with E-state index in [4.69, 9.17) is 0 Å². The number of hydrogen-bond acceptors (Lipinski definition) is 2. The fourth-order valence-corrected chi connectivity index (χ4v) is 4.12. The minimum atomic E-state index is -4.47. The van der Waals surface area contributed by atoms with Gasteiger partial charge in [0.05, 0.1) is 23.0 Å². The molecule has 0 heterocycles. The lowest BCUT2D eigenvalue weighted by atomic mass is 10.0. The highest BCUT2D eigenvalue weighted by Crippen LogP contribution is 2.33. The van der Waals surface area contributed by atoms with E-state index < -0.39 is 27.8 Å². The van der Waals surface area contributed by atoms with Crippen molar-refractivity contribution in [2.75, 3.05) is 6.54 Å². The van der Waals surface area contributed by atoms with Crippen LogP contribution in [0, 0.1) is 18.8 Å². The lowest BCUT2D eigenvalue weighted by Gasteiger charge is -2.28. The topological polar surface area (TPSA) is 37.4 Å². The van der Waals surface area contributed by atoms with Crippen LogP contribution in [0.25, 0.3) is 0 Å². The molecule has 28 heavy (non-hydrogen) atoms. The van der Waals surface area contributed by atoms with Gasteiger partial charge >= 0.3 is 6.18 Å². The summed E-state index contributed by atoms with van der Waals surface area (Å²) in [6, 6.07) is 9.83. The van der Waals surface area contributed by atoms with Crippen molar-refractivity contribution in [3.05, 3.63) is 77.9 Å². The maximum atomic E-state index is 13.2. The van der Waals surface area contributed by atoms with E-state index in [1.165, 1.54) is 30.3 Å². The maximum absolute atomic E-state index is 13.2. The number of alkyl halides is 3. The van der Waals surface area contributed by atoms with Crippen molar-refractivity contribution in [1.29, 1.82) is 0 Å². The number of nitrogens with zero attached hydrogens (tertiary/aromatic N) is 1. The summed E-state index contributed by atoms with van der Waals surface area (Å²) in [5.74, 6) is 5.38. The van der Waals surface area contributed by atoms with Crippen LogP contribution in [0.15, 0.2) is 66.1 Å². The molecule has 2 aromatic carbocycles. The zero-order valence-corrected chi connectivity index (χ0v) is 16.3.